The summed E-state index contributed by atoms with van der Waals surface area (Å²) in [6.07, 6.45) is 4.57. The summed E-state index contributed by atoms with van der Waals surface area (Å²) in [7, 11) is 0. The van der Waals surface area contributed by atoms with Crippen LogP contribution in [0.15, 0.2) is 0 Å². The molecule has 0 unspecified atom stereocenters. The molecule has 2 rings (SSSR count). The summed E-state index contributed by atoms with van der Waals surface area (Å²) in [5, 5.41) is 0. The van der Waals surface area contributed by atoms with E-state index in [9.17, 15) is 0 Å². The van der Waals surface area contributed by atoms with Gasteiger partial charge in [-0.3, -0.25) is 0 Å². The minimum absolute atomic E-state index is 0.183. The molecule has 0 aliphatic carbocycles. The monoisotopic (exact) mass is 187 g/mol. The molecule has 2 heterocycles. The molecule has 0 radical (unpaired) electrons. The van der Waals surface area contributed by atoms with Crippen LogP contribution in [0, 0.1) is 0 Å². The minimum Gasteiger partial charge on any atom is -0.375 e. The lowest BCUT2D eigenvalue weighted by Crippen LogP contribution is -2.47. The average molecular weight is 187 g/mol. The first-order valence-electron chi connectivity index (χ1n) is 4.78. The highest BCUT2D eigenvalue weighted by Crippen LogP contribution is 2.36. The zero-order chi connectivity index (χ0) is 8.44. The molecule has 0 aromatic heterocycles. The highest BCUT2D eigenvalue weighted by Gasteiger charge is 2.37. The predicted molar refractivity (Wildman–Crippen MR) is 52.5 cm³/mol. The molecule has 2 nitrogen and oxygen atoms in total. The lowest BCUT2D eigenvalue weighted by molar-refractivity contribution is -0.0888. The van der Waals surface area contributed by atoms with Gasteiger partial charge in [-0.15, -0.1) is 0 Å². The summed E-state index contributed by atoms with van der Waals surface area (Å²) in [4.78, 5) is 0. The zero-order valence-corrected chi connectivity index (χ0v) is 8.24. The third kappa shape index (κ3) is 1.78. The fourth-order valence-corrected chi connectivity index (χ4v) is 3.39. The fraction of sp³-hybridized carbons (Fsp3) is 1.00. The number of ether oxygens (including phenoxy) is 1. The van der Waals surface area contributed by atoms with Crippen molar-refractivity contribution >= 4 is 11.8 Å². The molecule has 2 aliphatic rings. The number of rotatable bonds is 0. The van der Waals surface area contributed by atoms with E-state index < -0.39 is 0 Å². The molecule has 2 aliphatic heterocycles. The maximum atomic E-state index is 5.95. The maximum Gasteiger partial charge on any atom is 0.0713 e. The molecule has 2 fully saturated rings. The standard InChI is InChI=1S/C9H17NOS/c10-8-1-4-11-9(7-8)2-5-12-6-3-9/h8H,1-7,10H2/t8-/m1/s1. The van der Waals surface area contributed by atoms with Crippen LogP contribution in [0.25, 0.3) is 0 Å². The molecular weight excluding hydrogens is 170 g/mol. The molecule has 0 aromatic carbocycles. The Morgan fingerprint density at radius 2 is 2.08 bits per heavy atom. The smallest absolute Gasteiger partial charge is 0.0713 e. The Labute approximate surface area is 78.2 Å². The van der Waals surface area contributed by atoms with Gasteiger partial charge in [0, 0.05) is 12.6 Å². The third-order valence-electron chi connectivity index (χ3n) is 2.94. The van der Waals surface area contributed by atoms with E-state index in [1.807, 2.05) is 11.8 Å². The van der Waals surface area contributed by atoms with Crippen molar-refractivity contribution < 1.29 is 4.74 Å². The third-order valence-corrected chi connectivity index (χ3v) is 3.92. The highest BCUT2D eigenvalue weighted by atomic mass is 32.2. The van der Waals surface area contributed by atoms with Gasteiger partial charge >= 0.3 is 0 Å². The molecule has 0 saturated carbocycles. The van der Waals surface area contributed by atoms with Crippen LogP contribution in [-0.2, 0) is 4.74 Å². The SMILES string of the molecule is N[C@@H]1CCOC2(CCSCC2)C1. The van der Waals surface area contributed by atoms with E-state index in [0.29, 0.717) is 6.04 Å². The van der Waals surface area contributed by atoms with Crippen molar-refractivity contribution in [2.24, 2.45) is 5.73 Å². The Balaban J connectivity index is 1.97. The number of thioether (sulfide) groups is 1. The van der Waals surface area contributed by atoms with Crippen molar-refractivity contribution in [2.75, 3.05) is 18.1 Å². The van der Waals surface area contributed by atoms with E-state index >= 15 is 0 Å². The molecule has 0 bridgehead atoms. The van der Waals surface area contributed by atoms with Crippen LogP contribution in [0.5, 0.6) is 0 Å². The van der Waals surface area contributed by atoms with Crippen LogP contribution in [-0.4, -0.2) is 29.8 Å². The first-order valence-corrected chi connectivity index (χ1v) is 5.94. The van der Waals surface area contributed by atoms with Crippen molar-refractivity contribution in [3.63, 3.8) is 0 Å². The van der Waals surface area contributed by atoms with Crippen molar-refractivity contribution in [3.8, 4) is 0 Å². The zero-order valence-electron chi connectivity index (χ0n) is 7.42. The average Bonchev–Trinajstić information content (AvgIpc) is 2.05. The van der Waals surface area contributed by atoms with Crippen molar-refractivity contribution in [1.29, 1.82) is 0 Å². The number of hydrogen-bond acceptors (Lipinski definition) is 3. The first-order chi connectivity index (χ1) is 5.81. The van der Waals surface area contributed by atoms with Gasteiger partial charge in [0.2, 0.25) is 0 Å². The largest absolute Gasteiger partial charge is 0.375 e. The fourth-order valence-electron chi connectivity index (χ4n) is 2.16. The summed E-state index contributed by atoms with van der Waals surface area (Å²) in [6.45, 7) is 0.881. The molecule has 2 saturated heterocycles. The summed E-state index contributed by atoms with van der Waals surface area (Å²) >= 11 is 2.04. The predicted octanol–water partition coefficient (Wildman–Crippen LogP) is 1.39. The Morgan fingerprint density at radius 1 is 1.33 bits per heavy atom. The van der Waals surface area contributed by atoms with Crippen LogP contribution in [0.3, 0.4) is 0 Å². The van der Waals surface area contributed by atoms with Gasteiger partial charge in [-0.1, -0.05) is 0 Å². The van der Waals surface area contributed by atoms with E-state index in [-0.39, 0.29) is 5.60 Å². The van der Waals surface area contributed by atoms with Crippen LogP contribution in [0.1, 0.15) is 25.7 Å². The van der Waals surface area contributed by atoms with Crippen LogP contribution in [0.4, 0.5) is 0 Å². The van der Waals surface area contributed by atoms with Gasteiger partial charge in [-0.2, -0.15) is 11.8 Å². The van der Waals surface area contributed by atoms with E-state index in [2.05, 4.69) is 0 Å². The molecule has 3 heteroatoms. The van der Waals surface area contributed by atoms with Crippen LogP contribution < -0.4 is 5.73 Å². The van der Waals surface area contributed by atoms with Crippen molar-refractivity contribution in [2.45, 2.75) is 37.3 Å². The van der Waals surface area contributed by atoms with Gasteiger partial charge in [0.15, 0.2) is 0 Å². The molecule has 1 spiro atoms. The van der Waals surface area contributed by atoms with Gasteiger partial charge in [0.1, 0.15) is 0 Å². The first kappa shape index (κ1) is 8.85. The summed E-state index contributed by atoms with van der Waals surface area (Å²) < 4.78 is 5.88. The Hall–Kier alpha value is 0.270. The van der Waals surface area contributed by atoms with E-state index in [4.69, 9.17) is 10.5 Å². The minimum atomic E-state index is 0.183. The van der Waals surface area contributed by atoms with Crippen LogP contribution in [0.2, 0.25) is 0 Å². The van der Waals surface area contributed by atoms with Gasteiger partial charge in [-0.25, -0.2) is 0 Å². The lowest BCUT2D eigenvalue weighted by Gasteiger charge is -2.42. The Morgan fingerprint density at radius 3 is 2.75 bits per heavy atom. The molecule has 1 atom stereocenters. The lowest BCUT2D eigenvalue weighted by atomic mass is 9.86. The van der Waals surface area contributed by atoms with E-state index in [1.165, 1.54) is 24.3 Å². The van der Waals surface area contributed by atoms with Crippen molar-refractivity contribution in [1.82, 2.24) is 0 Å². The quantitative estimate of drug-likeness (QED) is 0.622. The molecular formula is C9H17NOS. The summed E-state index contributed by atoms with van der Waals surface area (Å²) in [5.41, 5.74) is 6.14. The molecule has 2 N–H and O–H groups in total. The summed E-state index contributed by atoms with van der Waals surface area (Å²) in [6, 6.07) is 0.391. The van der Waals surface area contributed by atoms with E-state index in [1.54, 1.807) is 0 Å². The van der Waals surface area contributed by atoms with Gasteiger partial charge in [0.05, 0.1) is 5.60 Å². The number of hydrogen-bond donors (Lipinski definition) is 1. The second-order valence-corrected chi connectivity index (χ2v) is 5.12. The normalized spacial score (nSPS) is 35.2. The molecule has 70 valence electrons. The van der Waals surface area contributed by atoms with Gasteiger partial charge in [0.25, 0.3) is 0 Å². The topological polar surface area (TPSA) is 35.2 Å². The van der Waals surface area contributed by atoms with Crippen LogP contribution >= 0.6 is 11.8 Å². The Bertz CT molecular complexity index is 151. The molecule has 0 amide bonds. The summed E-state index contributed by atoms with van der Waals surface area (Å²) in [5.74, 6) is 2.51. The molecule has 0 aromatic rings. The Kier molecular flexibility index (Phi) is 2.63. The number of nitrogens with two attached hydrogens (primary N) is 1. The molecule has 12 heavy (non-hydrogen) atoms. The van der Waals surface area contributed by atoms with Gasteiger partial charge < -0.3 is 10.5 Å². The van der Waals surface area contributed by atoms with Crippen molar-refractivity contribution in [3.05, 3.63) is 0 Å². The highest BCUT2D eigenvalue weighted by molar-refractivity contribution is 7.99. The van der Waals surface area contributed by atoms with Gasteiger partial charge in [-0.05, 0) is 37.2 Å². The second-order valence-electron chi connectivity index (χ2n) is 3.90. The second kappa shape index (κ2) is 3.56. The van der Waals surface area contributed by atoms with E-state index in [0.717, 1.165) is 19.4 Å². The maximum absolute atomic E-state index is 5.95.